The lowest BCUT2D eigenvalue weighted by Crippen LogP contribution is -2.28. The third-order valence-electron chi connectivity index (χ3n) is 5.92. The van der Waals surface area contributed by atoms with Gasteiger partial charge in [0.25, 0.3) is 0 Å². The fourth-order valence-corrected chi connectivity index (χ4v) is 5.15. The summed E-state index contributed by atoms with van der Waals surface area (Å²) in [7, 11) is 0. The zero-order valence-electron chi connectivity index (χ0n) is 20.2. The lowest BCUT2D eigenvalue weighted by Gasteiger charge is -2.14. The van der Waals surface area contributed by atoms with Crippen molar-refractivity contribution in [2.75, 3.05) is 17.2 Å². The molecule has 5 nitrogen and oxygen atoms in total. The Morgan fingerprint density at radius 3 is 1.88 bits per heavy atom. The van der Waals surface area contributed by atoms with Gasteiger partial charge in [0.05, 0.1) is 4.47 Å². The Hall–Kier alpha value is -0.530. The van der Waals surface area contributed by atoms with Crippen LogP contribution in [-0.2, 0) is 0 Å². The van der Waals surface area contributed by atoms with E-state index in [1.807, 2.05) is 11.8 Å². The number of thioether (sulfide) groups is 1. The second-order valence-electron chi connectivity index (χ2n) is 8.85. The number of nitrogen functional groups attached to an aromatic ring is 1. The Balaban J connectivity index is 1.85. The summed E-state index contributed by atoms with van der Waals surface area (Å²) in [5, 5.41) is 10.2. The largest absolute Gasteiger partial charge is 0.383 e. The molecule has 0 spiro atoms. The van der Waals surface area contributed by atoms with Gasteiger partial charge < -0.3 is 10.8 Å². The van der Waals surface area contributed by atoms with E-state index in [4.69, 9.17) is 5.73 Å². The average Bonchev–Trinajstić information content (AvgIpc) is 2.77. The Labute approximate surface area is 208 Å². The minimum absolute atomic E-state index is 0.149. The maximum absolute atomic E-state index is 11.8. The van der Waals surface area contributed by atoms with Crippen molar-refractivity contribution in [3.8, 4) is 0 Å². The van der Waals surface area contributed by atoms with Crippen molar-refractivity contribution in [1.29, 1.82) is 0 Å². The van der Waals surface area contributed by atoms with Crippen LogP contribution in [-0.4, -0.2) is 26.2 Å². The number of hydrogen-bond donors (Lipinski definition) is 2. The normalized spacial score (nSPS) is 12.3. The van der Waals surface area contributed by atoms with Gasteiger partial charge in [-0.25, -0.2) is 4.79 Å². The maximum atomic E-state index is 11.8. The second kappa shape index (κ2) is 19.9. The molecule has 1 aromatic rings. The first-order valence-corrected chi connectivity index (χ1v) is 14.8. The highest BCUT2D eigenvalue weighted by Crippen LogP contribution is 2.18. The minimum Gasteiger partial charge on any atom is -0.383 e. The summed E-state index contributed by atoms with van der Waals surface area (Å²) in [6.07, 6.45) is 23.4. The quantitative estimate of drug-likeness (QED) is 0.161. The lowest BCUT2D eigenvalue weighted by molar-refractivity contribution is 0.0957. The van der Waals surface area contributed by atoms with Gasteiger partial charge in [-0.3, -0.25) is 4.57 Å². The Morgan fingerprint density at radius 1 is 0.906 bits per heavy atom. The molecule has 3 N–H and O–H groups in total. The predicted molar refractivity (Wildman–Crippen MR) is 143 cm³/mol. The van der Waals surface area contributed by atoms with E-state index in [9.17, 15) is 9.90 Å². The highest BCUT2D eigenvalue weighted by molar-refractivity contribution is 9.10. The van der Waals surface area contributed by atoms with Crippen LogP contribution in [0.1, 0.15) is 122 Å². The molecule has 0 saturated carbocycles. The van der Waals surface area contributed by atoms with Crippen LogP contribution in [0.5, 0.6) is 0 Å². The van der Waals surface area contributed by atoms with Crippen LogP contribution in [0.3, 0.4) is 0 Å². The number of nitrogens with two attached hydrogens (primary N) is 1. The number of nitrogens with zero attached hydrogens (tertiary/aromatic N) is 2. The second-order valence-corrected chi connectivity index (χ2v) is 10.9. The molecule has 1 unspecified atom stereocenters. The first-order valence-electron chi connectivity index (χ1n) is 12.9. The number of anilines is 1. The van der Waals surface area contributed by atoms with Crippen LogP contribution in [0.25, 0.3) is 0 Å². The summed E-state index contributed by atoms with van der Waals surface area (Å²) in [5.41, 5.74) is 5.07. The first-order chi connectivity index (χ1) is 15.6. The third kappa shape index (κ3) is 14.6. The lowest BCUT2D eigenvalue weighted by atomic mass is 10.0. The van der Waals surface area contributed by atoms with E-state index in [2.05, 4.69) is 27.8 Å². The van der Waals surface area contributed by atoms with Gasteiger partial charge in [-0.1, -0.05) is 103 Å². The molecule has 0 amide bonds. The number of unbranched alkanes of at least 4 members (excludes halogenated alkanes) is 15. The average molecular weight is 533 g/mol. The minimum atomic E-state index is -0.856. The highest BCUT2D eigenvalue weighted by atomic mass is 79.9. The van der Waals surface area contributed by atoms with Crippen molar-refractivity contribution in [3.63, 3.8) is 0 Å². The van der Waals surface area contributed by atoms with Gasteiger partial charge in [0.2, 0.25) is 0 Å². The van der Waals surface area contributed by atoms with Gasteiger partial charge in [0.15, 0.2) is 0 Å². The van der Waals surface area contributed by atoms with E-state index in [0.717, 1.165) is 11.5 Å². The molecule has 0 aliphatic heterocycles. The molecule has 0 aliphatic carbocycles. The molecular weight excluding hydrogens is 486 g/mol. The van der Waals surface area contributed by atoms with Crippen LogP contribution in [0.4, 0.5) is 5.82 Å². The zero-order chi connectivity index (χ0) is 23.4. The molecule has 7 heteroatoms. The van der Waals surface area contributed by atoms with E-state index in [0.29, 0.717) is 10.9 Å². The van der Waals surface area contributed by atoms with Crippen molar-refractivity contribution < 1.29 is 5.11 Å². The number of aromatic nitrogens is 2. The van der Waals surface area contributed by atoms with Crippen molar-refractivity contribution in [3.05, 3.63) is 21.2 Å². The molecule has 0 fully saturated rings. The molecular formula is C25H46BrN3O2S. The molecule has 1 aromatic heterocycles. The fourth-order valence-electron chi connectivity index (χ4n) is 3.85. The molecule has 32 heavy (non-hydrogen) atoms. The van der Waals surface area contributed by atoms with E-state index >= 15 is 0 Å². The van der Waals surface area contributed by atoms with Gasteiger partial charge in [0, 0.05) is 12.6 Å². The summed E-state index contributed by atoms with van der Waals surface area (Å²) in [5.74, 6) is 2.09. The Bertz CT molecular complexity index is 642. The summed E-state index contributed by atoms with van der Waals surface area (Å²) < 4.78 is 1.76. The summed E-state index contributed by atoms with van der Waals surface area (Å²) in [4.78, 5) is 15.5. The van der Waals surface area contributed by atoms with Gasteiger partial charge in [-0.2, -0.15) is 16.7 Å². The monoisotopic (exact) mass is 531 g/mol. The predicted octanol–water partition coefficient (Wildman–Crippen LogP) is 7.46. The number of aliphatic hydroxyl groups excluding tert-OH is 1. The summed E-state index contributed by atoms with van der Waals surface area (Å²) >= 11 is 5.09. The molecule has 1 atom stereocenters. The van der Waals surface area contributed by atoms with Gasteiger partial charge in [0.1, 0.15) is 12.0 Å². The molecule has 0 saturated heterocycles. The smallest absolute Gasteiger partial charge is 0.351 e. The van der Waals surface area contributed by atoms with E-state index in [-0.39, 0.29) is 5.82 Å². The van der Waals surface area contributed by atoms with Crippen LogP contribution < -0.4 is 11.4 Å². The highest BCUT2D eigenvalue weighted by Gasteiger charge is 2.11. The summed E-state index contributed by atoms with van der Waals surface area (Å²) in [6, 6.07) is 0. The molecule has 0 bridgehead atoms. The van der Waals surface area contributed by atoms with Crippen LogP contribution in [0.15, 0.2) is 15.5 Å². The van der Waals surface area contributed by atoms with E-state index in [1.165, 1.54) is 113 Å². The van der Waals surface area contributed by atoms with E-state index in [1.54, 1.807) is 0 Å². The Kier molecular flexibility index (Phi) is 18.3. The molecule has 1 rings (SSSR count). The number of halogens is 1. The van der Waals surface area contributed by atoms with Crippen LogP contribution in [0.2, 0.25) is 0 Å². The standard InChI is InChI=1S/C25H46BrN3O2S/c1-2-3-4-5-6-7-8-9-10-11-12-13-14-15-16-17-19-32-20-18-23(30)29-21-22(26)24(27)28-25(29)31/h21,23,30H,2-20H2,1H3,(H2,27,28,31). The molecule has 186 valence electrons. The molecule has 1 heterocycles. The van der Waals surface area contributed by atoms with Crippen LogP contribution in [0, 0.1) is 0 Å². The first kappa shape index (κ1) is 29.5. The van der Waals surface area contributed by atoms with Gasteiger partial charge >= 0.3 is 5.69 Å². The summed E-state index contributed by atoms with van der Waals surface area (Å²) in [6.45, 7) is 2.28. The zero-order valence-corrected chi connectivity index (χ0v) is 22.6. The van der Waals surface area contributed by atoms with Gasteiger partial charge in [-0.15, -0.1) is 0 Å². The number of rotatable bonds is 21. The Morgan fingerprint density at radius 2 is 1.38 bits per heavy atom. The van der Waals surface area contributed by atoms with Crippen LogP contribution >= 0.6 is 27.7 Å². The number of aliphatic hydroxyl groups is 1. The maximum Gasteiger partial charge on any atom is 0.351 e. The van der Waals surface area contributed by atoms with Crippen molar-refractivity contribution in [2.24, 2.45) is 0 Å². The van der Waals surface area contributed by atoms with Gasteiger partial charge in [-0.05, 0) is 33.9 Å². The molecule has 0 radical (unpaired) electrons. The fraction of sp³-hybridized carbons (Fsp3) is 0.840. The van der Waals surface area contributed by atoms with Crippen molar-refractivity contribution in [1.82, 2.24) is 9.55 Å². The topological polar surface area (TPSA) is 81.1 Å². The molecule has 0 aromatic carbocycles. The van der Waals surface area contributed by atoms with E-state index < -0.39 is 11.9 Å². The van der Waals surface area contributed by atoms with Crippen molar-refractivity contribution >= 4 is 33.5 Å². The SMILES string of the molecule is CCCCCCCCCCCCCCCCCCSCCC(O)n1cc(Br)c(N)nc1=O. The molecule has 0 aliphatic rings. The van der Waals surface area contributed by atoms with Crippen molar-refractivity contribution in [2.45, 2.75) is 122 Å². The third-order valence-corrected chi connectivity index (χ3v) is 7.63. The number of hydrogen-bond acceptors (Lipinski definition) is 5.